The molecule has 0 saturated carbocycles. The predicted molar refractivity (Wildman–Crippen MR) is 110 cm³/mol. The Kier molecular flexibility index (Phi) is 4.34. The van der Waals surface area contributed by atoms with Crippen molar-refractivity contribution in [2.24, 2.45) is 4.99 Å². The van der Waals surface area contributed by atoms with Crippen molar-refractivity contribution in [3.8, 4) is 17.1 Å². The number of carbonyl (C=O) groups excluding carboxylic acids is 1. The zero-order chi connectivity index (χ0) is 18.6. The molecule has 2 N–H and O–H groups in total. The van der Waals surface area contributed by atoms with E-state index in [1.54, 1.807) is 18.2 Å². The van der Waals surface area contributed by atoms with Gasteiger partial charge < -0.3 is 10.1 Å². The van der Waals surface area contributed by atoms with Gasteiger partial charge in [-0.2, -0.15) is 0 Å². The number of nitrogens with one attached hydrogen (secondary N) is 1. The highest BCUT2D eigenvalue weighted by atomic mass is 127. The third-order valence-electron chi connectivity index (χ3n) is 4.03. The van der Waals surface area contributed by atoms with E-state index in [0.717, 1.165) is 7.14 Å². The molecule has 1 aliphatic heterocycles. The average Bonchev–Trinajstić information content (AvgIpc) is 3.11. The van der Waals surface area contributed by atoms with Gasteiger partial charge in [-0.05, 0) is 81.6 Å². The molecule has 0 spiro atoms. The van der Waals surface area contributed by atoms with Crippen LogP contribution in [0.1, 0.15) is 21.5 Å². The fourth-order valence-corrected chi connectivity index (χ4v) is 3.89. The van der Waals surface area contributed by atoms with Crippen LogP contribution < -0.4 is 0 Å². The molecule has 130 valence electrons. The highest BCUT2D eigenvalue weighted by Crippen LogP contribution is 2.39. The van der Waals surface area contributed by atoms with Crippen LogP contribution in [-0.2, 0) is 0 Å². The minimum Gasteiger partial charge on any atom is -0.494 e. The molecule has 4 rings (SSSR count). The molecular weight excluding hydrogens is 568 g/mol. The number of H-pyrrole nitrogens is 1. The first-order valence-electron chi connectivity index (χ1n) is 7.36. The Bertz CT molecular complexity index is 1120. The Balaban J connectivity index is 1.95. The lowest BCUT2D eigenvalue weighted by Gasteiger charge is -2.04. The van der Waals surface area contributed by atoms with E-state index in [0.29, 0.717) is 0 Å². The van der Waals surface area contributed by atoms with Gasteiger partial charge in [0, 0.05) is 18.3 Å². The minimum absolute atomic E-state index is 0.0343. The first kappa shape index (κ1) is 17.6. The quantitative estimate of drug-likeness (QED) is 0.429. The molecule has 0 atom stereocenters. The Labute approximate surface area is 173 Å². The molecule has 1 amide bonds. The molecule has 2 aromatic carbocycles. The minimum atomic E-state index is -0.655. The van der Waals surface area contributed by atoms with Gasteiger partial charge in [-0.3, -0.25) is 4.79 Å². The number of hydrogen-bond acceptors (Lipinski definition) is 2. The number of hydrogen-bond donors (Lipinski definition) is 2. The maximum atomic E-state index is 14.3. The Morgan fingerprint density at radius 3 is 2.15 bits per heavy atom. The molecule has 8 heteroatoms. The zero-order valence-corrected chi connectivity index (χ0v) is 17.1. The van der Waals surface area contributed by atoms with Crippen LogP contribution in [0.25, 0.3) is 11.3 Å². The molecule has 26 heavy (non-hydrogen) atoms. The van der Waals surface area contributed by atoms with E-state index in [-0.39, 0.29) is 39.5 Å². The monoisotopic (exact) mass is 576 g/mol. The van der Waals surface area contributed by atoms with E-state index in [1.807, 2.05) is 45.2 Å². The molecule has 2 heterocycles. The number of benzene rings is 2. The van der Waals surface area contributed by atoms with Crippen molar-refractivity contribution >= 4 is 56.8 Å². The van der Waals surface area contributed by atoms with E-state index < -0.39 is 17.5 Å². The van der Waals surface area contributed by atoms with Gasteiger partial charge in [0.2, 0.25) is 0 Å². The second-order valence-corrected chi connectivity index (χ2v) is 8.10. The molecule has 1 aliphatic rings. The van der Waals surface area contributed by atoms with Crippen molar-refractivity contribution in [1.82, 2.24) is 4.98 Å². The molecule has 0 unspecified atom stereocenters. The van der Waals surface area contributed by atoms with Crippen molar-refractivity contribution in [1.29, 1.82) is 0 Å². The largest absolute Gasteiger partial charge is 0.494 e. The van der Waals surface area contributed by atoms with Gasteiger partial charge in [-0.25, -0.2) is 13.8 Å². The number of aliphatic imine (C=N–C) groups is 1. The van der Waals surface area contributed by atoms with E-state index in [4.69, 9.17) is 0 Å². The van der Waals surface area contributed by atoms with Gasteiger partial charge in [-0.1, -0.05) is 0 Å². The molecule has 0 fully saturated rings. The van der Waals surface area contributed by atoms with Crippen LogP contribution in [0, 0.1) is 18.8 Å². The second-order valence-electron chi connectivity index (χ2n) is 5.61. The summed E-state index contributed by atoms with van der Waals surface area (Å²) in [5, 5.41) is 10.3. The maximum absolute atomic E-state index is 14.3. The fourth-order valence-electron chi connectivity index (χ4n) is 2.91. The SMILES string of the molecule is O=C1N=C(c2cc(I)ccc2F)c2c(O)[nH]c(-c3cc(I)ccc3F)c21. The predicted octanol–water partition coefficient (Wildman–Crippen LogP) is 4.87. The highest BCUT2D eigenvalue weighted by Gasteiger charge is 2.35. The van der Waals surface area contributed by atoms with Crippen LogP contribution >= 0.6 is 45.2 Å². The number of fused-ring (bicyclic) bond motifs is 1. The highest BCUT2D eigenvalue weighted by molar-refractivity contribution is 14.1. The standard InChI is InChI=1S/C18H8F2I2N2O2/c19-11-3-1-7(21)5-9(11)15-13-14(18(26)23-15)16(24-17(13)25)10-6-8(22)2-4-12(10)20/h1-6,23,26H. The zero-order valence-electron chi connectivity index (χ0n) is 12.8. The Morgan fingerprint density at radius 2 is 1.50 bits per heavy atom. The van der Waals surface area contributed by atoms with E-state index in [9.17, 15) is 18.7 Å². The van der Waals surface area contributed by atoms with Gasteiger partial charge in [0.1, 0.15) is 11.6 Å². The van der Waals surface area contributed by atoms with Gasteiger partial charge >= 0.3 is 0 Å². The molecule has 3 aromatic rings. The number of aromatic amines is 1. The summed E-state index contributed by atoms with van der Waals surface area (Å²) >= 11 is 4.04. The van der Waals surface area contributed by atoms with Crippen LogP contribution in [0.5, 0.6) is 5.88 Å². The summed E-state index contributed by atoms with van der Waals surface area (Å²) in [7, 11) is 0. The number of amides is 1. The lowest BCUT2D eigenvalue weighted by Crippen LogP contribution is -2.03. The molecule has 1 aromatic heterocycles. The summed E-state index contributed by atoms with van der Waals surface area (Å²) in [6.07, 6.45) is 0. The molecular formula is C18H8F2I2N2O2. The third kappa shape index (κ3) is 2.75. The molecule has 0 saturated heterocycles. The van der Waals surface area contributed by atoms with Gasteiger partial charge in [0.25, 0.3) is 5.91 Å². The normalized spacial score (nSPS) is 13.1. The molecule has 4 nitrogen and oxygen atoms in total. The number of carbonyl (C=O) groups is 1. The van der Waals surface area contributed by atoms with Crippen LogP contribution in [0.2, 0.25) is 0 Å². The Hall–Kier alpha value is -1.82. The van der Waals surface area contributed by atoms with Gasteiger partial charge in [-0.15, -0.1) is 0 Å². The number of aromatic hydroxyl groups is 1. The number of rotatable bonds is 2. The summed E-state index contributed by atoms with van der Waals surface area (Å²) in [6.45, 7) is 0. The van der Waals surface area contributed by atoms with Crippen LogP contribution in [0.3, 0.4) is 0 Å². The number of aromatic nitrogens is 1. The second kappa shape index (κ2) is 6.41. The number of halogens is 4. The lowest BCUT2D eigenvalue weighted by molar-refractivity contribution is 0.101. The van der Waals surface area contributed by atoms with Crippen molar-refractivity contribution in [2.45, 2.75) is 0 Å². The average molecular weight is 576 g/mol. The van der Waals surface area contributed by atoms with Gasteiger partial charge in [0.15, 0.2) is 5.88 Å². The maximum Gasteiger partial charge on any atom is 0.280 e. The molecule has 0 aliphatic carbocycles. The Morgan fingerprint density at radius 1 is 0.923 bits per heavy atom. The number of nitrogens with zero attached hydrogens (tertiary/aromatic N) is 1. The van der Waals surface area contributed by atoms with E-state index in [1.165, 1.54) is 18.2 Å². The van der Waals surface area contributed by atoms with Crippen molar-refractivity contribution < 1.29 is 18.7 Å². The van der Waals surface area contributed by atoms with Crippen LogP contribution in [0.15, 0.2) is 41.4 Å². The summed E-state index contributed by atoms with van der Waals surface area (Å²) in [6, 6.07) is 8.82. The first-order chi connectivity index (χ1) is 12.4. The van der Waals surface area contributed by atoms with E-state index in [2.05, 4.69) is 9.98 Å². The van der Waals surface area contributed by atoms with Crippen molar-refractivity contribution in [2.75, 3.05) is 0 Å². The summed E-state index contributed by atoms with van der Waals surface area (Å²) in [4.78, 5) is 19.0. The first-order valence-corrected chi connectivity index (χ1v) is 9.51. The summed E-state index contributed by atoms with van der Waals surface area (Å²) < 4.78 is 30.1. The fraction of sp³-hybridized carbons (Fsp3) is 0. The molecule has 0 bridgehead atoms. The molecule has 0 radical (unpaired) electrons. The van der Waals surface area contributed by atoms with Gasteiger partial charge in [0.05, 0.1) is 22.5 Å². The van der Waals surface area contributed by atoms with Crippen LogP contribution in [-0.4, -0.2) is 21.7 Å². The lowest BCUT2D eigenvalue weighted by atomic mass is 10.00. The topological polar surface area (TPSA) is 65.4 Å². The van der Waals surface area contributed by atoms with E-state index >= 15 is 0 Å². The van der Waals surface area contributed by atoms with Crippen molar-refractivity contribution in [3.05, 3.63) is 71.9 Å². The third-order valence-corrected chi connectivity index (χ3v) is 5.37. The smallest absolute Gasteiger partial charge is 0.280 e. The summed E-state index contributed by atoms with van der Waals surface area (Å²) in [5.74, 6) is -2.11. The van der Waals surface area contributed by atoms with Crippen LogP contribution in [0.4, 0.5) is 8.78 Å². The van der Waals surface area contributed by atoms with Crippen molar-refractivity contribution in [3.63, 3.8) is 0 Å². The summed E-state index contributed by atoms with van der Waals surface area (Å²) in [5.41, 5.74) is 0.533.